The van der Waals surface area contributed by atoms with E-state index in [4.69, 9.17) is 5.73 Å². The molecule has 2 aromatic rings. The van der Waals surface area contributed by atoms with Gasteiger partial charge in [-0.05, 0) is 24.7 Å². The van der Waals surface area contributed by atoms with Crippen molar-refractivity contribution in [1.29, 1.82) is 0 Å². The van der Waals surface area contributed by atoms with Gasteiger partial charge >= 0.3 is 0 Å². The van der Waals surface area contributed by atoms with Crippen LogP contribution in [0.1, 0.15) is 15.9 Å². The molecule has 1 aromatic heterocycles. The Morgan fingerprint density at radius 1 is 1.25 bits per heavy atom. The maximum absolute atomic E-state index is 12.9. The van der Waals surface area contributed by atoms with Crippen molar-refractivity contribution >= 4 is 11.8 Å². The summed E-state index contributed by atoms with van der Waals surface area (Å²) in [6.45, 7) is 2.05. The normalized spacial score (nSPS) is 18.5. The first-order chi connectivity index (χ1) is 11.6. The summed E-state index contributed by atoms with van der Waals surface area (Å²) in [5.41, 5.74) is 6.99. The molecule has 126 valence electrons. The zero-order valence-electron chi connectivity index (χ0n) is 13.6. The quantitative estimate of drug-likeness (QED) is 0.868. The van der Waals surface area contributed by atoms with Crippen LogP contribution in [0.15, 0.2) is 42.7 Å². The maximum atomic E-state index is 12.9. The Kier molecular flexibility index (Phi) is 4.61. The highest BCUT2D eigenvalue weighted by Gasteiger charge is 2.31. The molecule has 1 saturated heterocycles. The SMILES string of the molecule is CN1CCN(C(=O)c2ccccc2Cn2cccn2)C[C@H]1C(N)=O. The number of hydrogen-bond acceptors (Lipinski definition) is 4. The predicted octanol–water partition coefficient (Wildman–Crippen LogP) is 0.173. The second-order valence-electron chi connectivity index (χ2n) is 6.01. The molecule has 0 bridgehead atoms. The molecular weight excluding hydrogens is 306 g/mol. The van der Waals surface area contributed by atoms with Gasteiger partial charge in [-0.3, -0.25) is 19.2 Å². The standard InChI is InChI=1S/C17H21N5O2/c1-20-9-10-21(12-15(20)16(18)23)17(24)14-6-3-2-5-13(14)11-22-8-4-7-19-22/h2-8,15H,9-12H2,1H3,(H2,18,23)/t15-/m0/s1. The van der Waals surface area contributed by atoms with Crippen LogP contribution in [-0.2, 0) is 11.3 Å². The molecule has 1 aliphatic rings. The van der Waals surface area contributed by atoms with Crippen molar-refractivity contribution in [3.05, 3.63) is 53.9 Å². The molecule has 2 amide bonds. The van der Waals surface area contributed by atoms with Crippen LogP contribution in [0.4, 0.5) is 0 Å². The monoisotopic (exact) mass is 327 g/mol. The molecule has 24 heavy (non-hydrogen) atoms. The highest BCUT2D eigenvalue weighted by atomic mass is 16.2. The van der Waals surface area contributed by atoms with Gasteiger partial charge in [0.1, 0.15) is 6.04 Å². The molecule has 0 saturated carbocycles. The number of aromatic nitrogens is 2. The van der Waals surface area contributed by atoms with E-state index in [1.54, 1.807) is 15.8 Å². The fourth-order valence-corrected chi connectivity index (χ4v) is 2.97. The minimum atomic E-state index is -0.444. The summed E-state index contributed by atoms with van der Waals surface area (Å²) in [6.07, 6.45) is 3.57. The number of likely N-dealkylation sites (N-methyl/N-ethyl adjacent to an activating group) is 1. The second-order valence-corrected chi connectivity index (χ2v) is 6.01. The zero-order valence-corrected chi connectivity index (χ0v) is 13.6. The van der Waals surface area contributed by atoms with Crippen LogP contribution >= 0.6 is 0 Å². The van der Waals surface area contributed by atoms with Gasteiger partial charge in [-0.15, -0.1) is 0 Å². The number of hydrogen-bond donors (Lipinski definition) is 1. The lowest BCUT2D eigenvalue weighted by molar-refractivity contribution is -0.124. The Morgan fingerprint density at radius 2 is 2.04 bits per heavy atom. The summed E-state index contributed by atoms with van der Waals surface area (Å²) >= 11 is 0. The first kappa shape index (κ1) is 16.2. The van der Waals surface area contributed by atoms with Gasteiger partial charge in [0.15, 0.2) is 0 Å². The van der Waals surface area contributed by atoms with E-state index in [9.17, 15) is 9.59 Å². The van der Waals surface area contributed by atoms with Crippen LogP contribution in [0.25, 0.3) is 0 Å². The molecule has 3 rings (SSSR count). The van der Waals surface area contributed by atoms with Crippen molar-refractivity contribution in [2.24, 2.45) is 5.73 Å². The van der Waals surface area contributed by atoms with Gasteiger partial charge in [-0.1, -0.05) is 18.2 Å². The lowest BCUT2D eigenvalue weighted by Gasteiger charge is -2.38. The Hall–Kier alpha value is -2.67. The molecule has 1 atom stereocenters. The number of primary amides is 1. The number of amides is 2. The van der Waals surface area contributed by atoms with Crippen molar-refractivity contribution in [3.63, 3.8) is 0 Å². The topological polar surface area (TPSA) is 84.5 Å². The molecule has 2 N–H and O–H groups in total. The van der Waals surface area contributed by atoms with Gasteiger partial charge in [0.25, 0.3) is 5.91 Å². The molecule has 0 unspecified atom stereocenters. The Bertz CT molecular complexity index is 728. The van der Waals surface area contributed by atoms with Crippen LogP contribution in [-0.4, -0.2) is 64.1 Å². The second kappa shape index (κ2) is 6.84. The van der Waals surface area contributed by atoms with E-state index in [2.05, 4.69) is 5.10 Å². The van der Waals surface area contributed by atoms with Crippen molar-refractivity contribution in [1.82, 2.24) is 19.6 Å². The first-order valence-electron chi connectivity index (χ1n) is 7.90. The van der Waals surface area contributed by atoms with E-state index in [1.807, 2.05) is 48.5 Å². The Balaban J connectivity index is 1.81. The van der Waals surface area contributed by atoms with Crippen molar-refractivity contribution in [2.45, 2.75) is 12.6 Å². The fraction of sp³-hybridized carbons (Fsp3) is 0.353. The highest BCUT2D eigenvalue weighted by Crippen LogP contribution is 2.16. The van der Waals surface area contributed by atoms with Crippen LogP contribution < -0.4 is 5.73 Å². The minimum Gasteiger partial charge on any atom is -0.368 e. The third-order valence-electron chi connectivity index (χ3n) is 4.40. The van der Waals surface area contributed by atoms with Gasteiger partial charge < -0.3 is 10.6 Å². The molecule has 1 aromatic carbocycles. The number of nitrogens with zero attached hydrogens (tertiary/aromatic N) is 4. The van der Waals surface area contributed by atoms with Gasteiger partial charge in [0, 0.05) is 37.6 Å². The third-order valence-corrected chi connectivity index (χ3v) is 4.40. The Morgan fingerprint density at radius 3 is 2.75 bits per heavy atom. The molecule has 7 heteroatoms. The van der Waals surface area contributed by atoms with E-state index < -0.39 is 11.9 Å². The predicted molar refractivity (Wildman–Crippen MR) is 89.3 cm³/mol. The highest BCUT2D eigenvalue weighted by molar-refractivity contribution is 5.96. The lowest BCUT2D eigenvalue weighted by atomic mass is 10.0. The number of benzene rings is 1. The van der Waals surface area contributed by atoms with Gasteiger partial charge in [0.2, 0.25) is 5.91 Å². The van der Waals surface area contributed by atoms with Gasteiger partial charge in [-0.25, -0.2) is 0 Å². The van der Waals surface area contributed by atoms with Crippen LogP contribution in [0, 0.1) is 0 Å². The van der Waals surface area contributed by atoms with Crippen LogP contribution in [0.2, 0.25) is 0 Å². The number of carbonyl (C=O) groups is 2. The van der Waals surface area contributed by atoms with Crippen LogP contribution in [0.3, 0.4) is 0 Å². The third kappa shape index (κ3) is 3.30. The molecule has 1 fully saturated rings. The lowest BCUT2D eigenvalue weighted by Crippen LogP contribution is -2.58. The van der Waals surface area contributed by atoms with Crippen LogP contribution in [0.5, 0.6) is 0 Å². The molecule has 2 heterocycles. The van der Waals surface area contributed by atoms with Gasteiger partial charge in [-0.2, -0.15) is 5.10 Å². The molecule has 0 aliphatic carbocycles. The summed E-state index contributed by atoms with van der Waals surface area (Å²) in [7, 11) is 1.85. The first-order valence-corrected chi connectivity index (χ1v) is 7.90. The maximum Gasteiger partial charge on any atom is 0.254 e. The molecular formula is C17H21N5O2. The van der Waals surface area contributed by atoms with E-state index in [0.717, 1.165) is 5.56 Å². The van der Waals surface area contributed by atoms with Crippen molar-refractivity contribution < 1.29 is 9.59 Å². The van der Waals surface area contributed by atoms with E-state index in [-0.39, 0.29) is 5.91 Å². The number of nitrogens with two attached hydrogens (primary N) is 1. The average molecular weight is 327 g/mol. The summed E-state index contributed by atoms with van der Waals surface area (Å²) in [6, 6.07) is 8.91. The van der Waals surface area contributed by atoms with Crippen molar-refractivity contribution in [2.75, 3.05) is 26.7 Å². The zero-order chi connectivity index (χ0) is 17.1. The minimum absolute atomic E-state index is 0.0721. The number of piperazine rings is 1. The largest absolute Gasteiger partial charge is 0.368 e. The smallest absolute Gasteiger partial charge is 0.254 e. The number of carbonyl (C=O) groups excluding carboxylic acids is 2. The molecule has 0 radical (unpaired) electrons. The molecule has 1 aliphatic heterocycles. The van der Waals surface area contributed by atoms with E-state index >= 15 is 0 Å². The molecule has 7 nitrogen and oxygen atoms in total. The fourth-order valence-electron chi connectivity index (χ4n) is 2.97. The van der Waals surface area contributed by atoms with Gasteiger partial charge in [0.05, 0.1) is 6.54 Å². The summed E-state index contributed by atoms with van der Waals surface area (Å²) in [4.78, 5) is 28.1. The molecule has 0 spiro atoms. The summed E-state index contributed by atoms with van der Waals surface area (Å²) in [5.74, 6) is -0.475. The number of rotatable bonds is 4. The summed E-state index contributed by atoms with van der Waals surface area (Å²) in [5, 5.41) is 4.19. The van der Waals surface area contributed by atoms with Crippen molar-refractivity contribution in [3.8, 4) is 0 Å². The Labute approximate surface area is 140 Å². The van der Waals surface area contributed by atoms with E-state index in [0.29, 0.717) is 31.7 Å². The average Bonchev–Trinajstić information content (AvgIpc) is 3.08. The van der Waals surface area contributed by atoms with E-state index in [1.165, 1.54) is 0 Å². The summed E-state index contributed by atoms with van der Waals surface area (Å²) < 4.78 is 1.78.